The Balaban J connectivity index is 0.000000143. The molecule has 0 radical (unpaired) electrons. The van der Waals surface area contributed by atoms with Crippen LogP contribution in [0.1, 0.15) is 95.5 Å². The number of nitrogens with one attached hydrogen (secondary N) is 6. The van der Waals surface area contributed by atoms with E-state index >= 15 is 0 Å². The quantitative estimate of drug-likeness (QED) is 0.0306. The Bertz CT molecular complexity index is 6810. The third-order valence-corrected chi connectivity index (χ3v) is 20.3. The number of aromatic nitrogens is 15. The molecule has 12 aromatic heterocycles. The smallest absolute Gasteiger partial charge is 0.256 e. The van der Waals surface area contributed by atoms with Crippen LogP contribution in [0.3, 0.4) is 0 Å². The van der Waals surface area contributed by atoms with Gasteiger partial charge in [0.1, 0.15) is 76.2 Å². The fourth-order valence-corrected chi connectivity index (χ4v) is 13.3. The Morgan fingerprint density at radius 2 is 0.634 bits per heavy atom. The first kappa shape index (κ1) is 100. The third-order valence-electron chi connectivity index (χ3n) is 20.1. The zero-order chi connectivity index (χ0) is 99.9. The molecule has 0 aliphatic rings. The Hall–Kier alpha value is -19.2. The number of benzene rings is 6. The molecule has 18 aromatic rings. The number of aryl methyl sites for hydroxylation is 6. The molecule has 6 amide bonds. The van der Waals surface area contributed by atoms with Crippen LogP contribution in [0.4, 0.5) is 68.8 Å². The van der Waals surface area contributed by atoms with Gasteiger partial charge in [0.2, 0.25) is 5.88 Å². The predicted molar refractivity (Wildman–Crippen MR) is 548 cm³/mol. The average molecular weight is 1910 g/mol. The summed E-state index contributed by atoms with van der Waals surface area (Å²) in [5.41, 5.74) is 15.8. The van der Waals surface area contributed by atoms with Crippen molar-refractivity contribution in [2.45, 2.75) is 41.5 Å². The molecule has 0 bridgehead atoms. The lowest BCUT2D eigenvalue weighted by Gasteiger charge is -2.19. The molecule has 6 N–H and O–H groups in total. The van der Waals surface area contributed by atoms with E-state index in [2.05, 4.69) is 107 Å². The fourth-order valence-electron chi connectivity index (χ4n) is 13.1. The van der Waals surface area contributed by atoms with Gasteiger partial charge in [0, 0.05) is 133 Å². The monoisotopic (exact) mass is 1910 g/mol. The third kappa shape index (κ3) is 31.5. The molecule has 142 heavy (non-hydrogen) atoms. The second-order valence-corrected chi connectivity index (χ2v) is 31.7. The maximum Gasteiger partial charge on any atom is 0.256 e. The summed E-state index contributed by atoms with van der Waals surface area (Å²) in [6.07, 6.45) is 34.1. The van der Waals surface area contributed by atoms with Crippen LogP contribution in [0, 0.1) is 41.5 Å². The van der Waals surface area contributed by atoms with Crippen LogP contribution in [0.5, 0.6) is 34.6 Å². The van der Waals surface area contributed by atoms with E-state index in [1.165, 1.54) is 19.0 Å². The molecule has 0 saturated heterocycles. The van der Waals surface area contributed by atoms with Gasteiger partial charge < -0.3 is 60.8 Å². The van der Waals surface area contributed by atoms with E-state index < -0.39 is 0 Å². The van der Waals surface area contributed by atoms with Crippen LogP contribution in [0.25, 0.3) is 0 Å². The number of halogens is 1. The molecule has 12 heterocycles. The molecule has 0 spiro atoms. The molecule has 18 rings (SSSR count). The van der Waals surface area contributed by atoms with Crippen molar-refractivity contribution >= 4 is 116 Å². The lowest BCUT2D eigenvalue weighted by Crippen LogP contribution is -2.15. The summed E-state index contributed by atoms with van der Waals surface area (Å²) in [7, 11) is 5.66. The highest BCUT2D eigenvalue weighted by atomic mass is 35.5. The Morgan fingerprint density at radius 3 is 1.09 bits per heavy atom. The molecule has 708 valence electrons. The molecule has 0 saturated carbocycles. The summed E-state index contributed by atoms with van der Waals surface area (Å²) in [5, 5.41) is 17.1. The molecule has 0 unspecified atom stereocenters. The van der Waals surface area contributed by atoms with Crippen LogP contribution in [-0.2, 0) is 0 Å². The normalized spacial score (nSPS) is 10.2. The van der Waals surface area contributed by atoms with Crippen molar-refractivity contribution in [1.29, 1.82) is 0 Å². The number of pyridine rings is 9. The zero-order valence-electron chi connectivity index (χ0n) is 78.4. The van der Waals surface area contributed by atoms with E-state index in [1.807, 2.05) is 205 Å². The molecule has 0 fully saturated rings. The van der Waals surface area contributed by atoms with Gasteiger partial charge in [0.15, 0.2) is 0 Å². The molecular weight excluding hydrogens is 1810 g/mol. The van der Waals surface area contributed by atoms with Crippen molar-refractivity contribution in [3.05, 3.63) is 451 Å². The number of hydrogen-bond acceptors (Lipinski definition) is 27. The van der Waals surface area contributed by atoms with Gasteiger partial charge in [-0.3, -0.25) is 58.7 Å². The Labute approximate surface area is 823 Å². The molecular formula is C108H95ClN24O9. The number of ether oxygens (including phenoxy) is 3. The summed E-state index contributed by atoms with van der Waals surface area (Å²) < 4.78 is 16.9. The molecule has 0 aliphatic heterocycles. The second-order valence-electron chi connectivity index (χ2n) is 31.3. The highest BCUT2D eigenvalue weighted by Gasteiger charge is 2.18. The number of anilines is 12. The summed E-state index contributed by atoms with van der Waals surface area (Å²) in [6, 6.07) is 74.5. The van der Waals surface area contributed by atoms with Crippen molar-refractivity contribution in [3.63, 3.8) is 0 Å². The number of carbonyl (C=O) groups excluding carboxylic acids is 6. The molecule has 0 atom stereocenters. The topological polar surface area (TPSA) is 405 Å². The van der Waals surface area contributed by atoms with Crippen LogP contribution < -0.4 is 60.8 Å². The number of nitrogens with zero attached hydrogens (tertiary/aromatic N) is 18. The summed E-state index contributed by atoms with van der Waals surface area (Å²) in [5.74, 6) is 3.90. The fraction of sp³-hybridized carbons (Fsp3) is 0.0833. The first-order valence-corrected chi connectivity index (χ1v) is 44.2. The van der Waals surface area contributed by atoms with Gasteiger partial charge in [-0.15, -0.1) is 0 Å². The van der Waals surface area contributed by atoms with Crippen LogP contribution in [-0.4, -0.2) is 131 Å². The van der Waals surface area contributed by atoms with E-state index in [4.69, 9.17) is 25.8 Å². The molecule has 33 nitrogen and oxygen atoms in total. The minimum atomic E-state index is -0.241. The number of carbonyl (C=O) groups is 6. The number of rotatable bonds is 24. The Morgan fingerprint density at radius 1 is 0.254 bits per heavy atom. The lowest BCUT2D eigenvalue weighted by atomic mass is 10.1. The van der Waals surface area contributed by atoms with E-state index in [1.54, 1.807) is 233 Å². The van der Waals surface area contributed by atoms with Gasteiger partial charge in [0.25, 0.3) is 35.4 Å². The minimum absolute atomic E-state index is 0.151. The first-order chi connectivity index (χ1) is 68.9. The van der Waals surface area contributed by atoms with E-state index in [9.17, 15) is 28.8 Å². The SMILES string of the molecule is Cc1cccc(C(=O)Nc2cc(N(C)c3cncnc3)cc(Cl)n2)c1.Cc1cccc(C(=O)Nc2cc(Oc3cccnc3)ccn2)c1.Cc1cccc(C(=O)Nc2cc(Oc3cccnc3)ncn2)c1.Cc1cccc(C(=O)Nc2ccnc(N(C)c3cncnc3)c2)c1.Cc1cccc(C(=O)Nc2cncc(N(C)c3cccnc3)c2)c1.Cc1cccc(C(=O)Nc2cncc(Oc3cccnc3)c2)c1. The standard InChI is InChI=1S/C19H18N4O.C18H16ClN5O.C18H17N5O.2C18H15N3O2.C17H14N4O2/c1-14-5-3-6-15(9-14)19(24)22-16-10-18(13-21-11-16)23(2)17-7-4-8-20-12-17;1-12-4-3-5-13(6-12)18(25)23-17-8-14(7-16(19)22-17)24(2)15-9-20-11-21-10-15;1-13-4-3-5-14(8-13)18(24)22-15-6-7-21-17(9-15)23(2)16-10-19-12-20-11-16;1-13-4-2-5-14(10-13)18(22)21-17-11-15(7-9-20-17)23-16-6-3-8-19-12-16;1-13-4-2-5-14(8-13)18(22)21-15-9-17(12-20-10-15)23-16-6-3-7-19-11-16;1-12-4-2-5-13(8-12)17(22)21-15-9-16(20-11-19-15)23-14-6-3-7-18-10-14/h3-13H,1-2H3,(H,22,24);3-11H,1-2H3,(H,22,23,25);3-12H,1-2H3,(H,21,22,24);2-12H,1H3,(H,20,21,22);2-12H,1H3,(H,21,22);2-11H,1H3,(H,19,20,21,22). The van der Waals surface area contributed by atoms with Crippen molar-refractivity contribution < 1.29 is 43.0 Å². The largest absolute Gasteiger partial charge is 0.456 e. The van der Waals surface area contributed by atoms with Gasteiger partial charge in [-0.25, -0.2) is 44.9 Å². The highest BCUT2D eigenvalue weighted by molar-refractivity contribution is 6.30. The van der Waals surface area contributed by atoms with Crippen molar-refractivity contribution in [2.75, 3.05) is 67.7 Å². The molecule has 34 heteroatoms. The average Bonchev–Trinajstić information content (AvgIpc) is 0.828. The minimum Gasteiger partial charge on any atom is -0.456 e. The summed E-state index contributed by atoms with van der Waals surface area (Å²) in [4.78, 5) is 141. The van der Waals surface area contributed by atoms with Gasteiger partial charge >= 0.3 is 0 Å². The summed E-state index contributed by atoms with van der Waals surface area (Å²) >= 11 is 6.12. The second kappa shape index (κ2) is 51.0. The zero-order valence-corrected chi connectivity index (χ0v) is 79.2. The van der Waals surface area contributed by atoms with Crippen molar-refractivity contribution in [1.82, 2.24) is 74.8 Å². The van der Waals surface area contributed by atoms with Gasteiger partial charge in [-0.05, 0) is 187 Å². The van der Waals surface area contributed by atoms with Crippen LogP contribution in [0.2, 0.25) is 5.15 Å². The lowest BCUT2D eigenvalue weighted by molar-refractivity contribution is 0.101. The molecule has 0 aliphatic carbocycles. The van der Waals surface area contributed by atoms with E-state index in [0.717, 1.165) is 61.8 Å². The van der Waals surface area contributed by atoms with Gasteiger partial charge in [-0.1, -0.05) is 118 Å². The van der Waals surface area contributed by atoms with Gasteiger partial charge in [0.05, 0.1) is 108 Å². The van der Waals surface area contributed by atoms with E-state index in [-0.39, 0.29) is 40.6 Å². The summed E-state index contributed by atoms with van der Waals surface area (Å²) in [6.45, 7) is 11.7. The number of amides is 6. The Kier molecular flexibility index (Phi) is 36.0. The van der Waals surface area contributed by atoms with Crippen LogP contribution >= 0.6 is 11.6 Å². The number of hydrogen-bond donors (Lipinski definition) is 6. The highest BCUT2D eigenvalue weighted by Crippen LogP contribution is 2.32. The maximum atomic E-state index is 12.4. The van der Waals surface area contributed by atoms with Crippen molar-refractivity contribution in [2.24, 2.45) is 0 Å². The van der Waals surface area contributed by atoms with Crippen LogP contribution in [0.15, 0.2) is 379 Å². The maximum absolute atomic E-state index is 12.4. The van der Waals surface area contributed by atoms with Gasteiger partial charge in [-0.2, -0.15) is 0 Å². The molecule has 6 aromatic carbocycles. The van der Waals surface area contributed by atoms with Crippen molar-refractivity contribution in [3.8, 4) is 34.6 Å². The first-order valence-electron chi connectivity index (χ1n) is 43.9. The van der Waals surface area contributed by atoms with E-state index in [0.29, 0.717) is 108 Å². The predicted octanol–water partition coefficient (Wildman–Crippen LogP) is 21.7.